The van der Waals surface area contributed by atoms with Crippen molar-refractivity contribution in [1.82, 2.24) is 23.9 Å². The fraction of sp³-hybridized carbons (Fsp3) is 0.278. The van der Waals surface area contributed by atoms with Gasteiger partial charge in [0.25, 0.3) is 0 Å². The highest BCUT2D eigenvalue weighted by Crippen LogP contribution is 2.35. The molecule has 170 valence electrons. The highest BCUT2D eigenvalue weighted by atomic mass is 32.2. The highest BCUT2D eigenvalue weighted by molar-refractivity contribution is 7.91. The molecule has 14 heteroatoms. The molecule has 4 rings (SSSR count). The monoisotopic (exact) mass is 477 g/mol. The van der Waals surface area contributed by atoms with Crippen molar-refractivity contribution in [3.05, 3.63) is 41.7 Å². The molecule has 0 aliphatic carbocycles. The molecular formula is C18H13F6N5O2S. The van der Waals surface area contributed by atoms with Crippen LogP contribution in [-0.2, 0) is 29.2 Å². The van der Waals surface area contributed by atoms with Crippen LogP contribution < -0.4 is 0 Å². The number of pyridine rings is 2. The molecule has 0 radical (unpaired) electrons. The summed E-state index contributed by atoms with van der Waals surface area (Å²) >= 11 is 0. The highest BCUT2D eigenvalue weighted by Gasteiger charge is 2.35. The van der Waals surface area contributed by atoms with Crippen LogP contribution in [0.25, 0.3) is 28.3 Å². The quantitative estimate of drug-likeness (QED) is 0.415. The molecule has 0 spiro atoms. The van der Waals surface area contributed by atoms with E-state index in [-0.39, 0.29) is 28.3 Å². The van der Waals surface area contributed by atoms with Crippen molar-refractivity contribution in [2.45, 2.75) is 24.3 Å². The van der Waals surface area contributed by atoms with Crippen LogP contribution in [0.15, 0.2) is 35.6 Å². The second-order valence-electron chi connectivity index (χ2n) is 6.87. The third-order valence-corrected chi connectivity index (χ3v) is 6.56. The molecule has 4 aromatic heterocycles. The van der Waals surface area contributed by atoms with Crippen molar-refractivity contribution >= 4 is 26.6 Å². The van der Waals surface area contributed by atoms with Crippen LogP contribution in [0.2, 0.25) is 0 Å². The maximum atomic E-state index is 13.2. The van der Waals surface area contributed by atoms with Crippen LogP contribution in [0.4, 0.5) is 26.3 Å². The van der Waals surface area contributed by atoms with Gasteiger partial charge in [0, 0.05) is 19.4 Å². The Labute approximate surface area is 176 Å². The fourth-order valence-corrected chi connectivity index (χ4v) is 4.36. The number of sulfone groups is 1. The minimum Gasteiger partial charge on any atom is -0.310 e. The van der Waals surface area contributed by atoms with Crippen molar-refractivity contribution in [3.63, 3.8) is 0 Å². The Morgan fingerprint density at radius 2 is 1.66 bits per heavy atom. The van der Waals surface area contributed by atoms with Gasteiger partial charge in [-0.1, -0.05) is 6.92 Å². The predicted molar refractivity (Wildman–Crippen MR) is 100 cm³/mol. The van der Waals surface area contributed by atoms with Gasteiger partial charge >= 0.3 is 12.4 Å². The molecule has 0 N–H and O–H groups in total. The molecule has 0 aliphatic rings. The van der Waals surface area contributed by atoms with Crippen LogP contribution in [0, 0.1) is 0 Å². The first kappa shape index (κ1) is 22.0. The zero-order valence-corrected chi connectivity index (χ0v) is 17.1. The van der Waals surface area contributed by atoms with Gasteiger partial charge < -0.3 is 4.57 Å². The SMILES string of the molecule is CCS(=O)(=O)c1c(-c2nc3cc(C(F)(F)F)cnc3n2C)nc2ccc(C(F)(F)F)cn12. The van der Waals surface area contributed by atoms with Crippen molar-refractivity contribution in [1.29, 1.82) is 0 Å². The van der Waals surface area contributed by atoms with Gasteiger partial charge in [-0.25, -0.2) is 23.4 Å². The van der Waals surface area contributed by atoms with Crippen molar-refractivity contribution < 1.29 is 34.8 Å². The standard InChI is InChI=1S/C18H13F6N5O2S/c1-3-32(30,31)16-13(27-12-5-4-9(8-29(12)16)17(19,20)21)15-26-11-6-10(18(22,23)24)7-25-14(11)28(15)2/h4-8H,3H2,1-2H3. The zero-order chi connectivity index (χ0) is 23.6. The van der Waals surface area contributed by atoms with Crippen LogP contribution in [0.1, 0.15) is 18.1 Å². The minimum atomic E-state index is -4.73. The third-order valence-electron chi connectivity index (χ3n) is 4.82. The van der Waals surface area contributed by atoms with Crippen molar-refractivity contribution in [3.8, 4) is 11.5 Å². The average molecular weight is 477 g/mol. The fourth-order valence-electron chi connectivity index (χ4n) is 3.21. The summed E-state index contributed by atoms with van der Waals surface area (Å²) in [4.78, 5) is 12.0. The Morgan fingerprint density at radius 1 is 1.00 bits per heavy atom. The first-order valence-electron chi connectivity index (χ1n) is 8.96. The van der Waals surface area contributed by atoms with E-state index in [0.717, 1.165) is 22.6 Å². The largest absolute Gasteiger partial charge is 0.417 e. The van der Waals surface area contributed by atoms with E-state index in [1.165, 1.54) is 18.5 Å². The predicted octanol–water partition coefficient (Wildman–Crippen LogP) is 4.11. The summed E-state index contributed by atoms with van der Waals surface area (Å²) in [5.74, 6) is -0.610. The lowest BCUT2D eigenvalue weighted by atomic mass is 10.2. The molecule has 4 heterocycles. The van der Waals surface area contributed by atoms with E-state index in [1.807, 2.05) is 0 Å². The van der Waals surface area contributed by atoms with Crippen LogP contribution in [0.5, 0.6) is 0 Å². The Hall–Kier alpha value is -3.16. The number of aryl methyl sites for hydroxylation is 1. The second-order valence-corrected chi connectivity index (χ2v) is 9.07. The van der Waals surface area contributed by atoms with Crippen molar-refractivity contribution in [2.24, 2.45) is 7.05 Å². The Morgan fingerprint density at radius 3 is 2.25 bits per heavy atom. The molecule has 7 nitrogen and oxygen atoms in total. The van der Waals surface area contributed by atoms with Gasteiger partial charge in [-0.2, -0.15) is 26.3 Å². The molecule has 0 unspecified atom stereocenters. The van der Waals surface area contributed by atoms with E-state index in [4.69, 9.17) is 0 Å². The van der Waals surface area contributed by atoms with Crippen molar-refractivity contribution in [2.75, 3.05) is 5.75 Å². The molecule has 4 aromatic rings. The number of hydrogen-bond acceptors (Lipinski definition) is 5. The average Bonchev–Trinajstić information content (AvgIpc) is 3.24. The van der Waals surface area contributed by atoms with Gasteiger partial charge in [-0.15, -0.1) is 0 Å². The van der Waals surface area contributed by atoms with E-state index in [1.54, 1.807) is 0 Å². The lowest BCUT2D eigenvalue weighted by Gasteiger charge is -2.09. The lowest BCUT2D eigenvalue weighted by molar-refractivity contribution is -0.138. The summed E-state index contributed by atoms with van der Waals surface area (Å²) in [7, 11) is -2.74. The molecule has 0 saturated heterocycles. The number of hydrogen-bond donors (Lipinski definition) is 0. The lowest BCUT2D eigenvalue weighted by Crippen LogP contribution is -2.11. The van der Waals surface area contributed by atoms with E-state index in [2.05, 4.69) is 15.0 Å². The number of nitrogens with zero attached hydrogens (tertiary/aromatic N) is 5. The van der Waals surface area contributed by atoms with Crippen LogP contribution >= 0.6 is 0 Å². The minimum absolute atomic E-state index is 0.0147. The van der Waals surface area contributed by atoms with Crippen LogP contribution in [-0.4, -0.2) is 38.1 Å². The number of alkyl halides is 6. The topological polar surface area (TPSA) is 82.1 Å². The summed E-state index contributed by atoms with van der Waals surface area (Å²) in [5.41, 5.74) is -2.70. The first-order chi connectivity index (χ1) is 14.7. The third kappa shape index (κ3) is 3.47. The maximum absolute atomic E-state index is 13.2. The molecular weight excluding hydrogens is 464 g/mol. The maximum Gasteiger partial charge on any atom is 0.417 e. The molecule has 0 bridgehead atoms. The van der Waals surface area contributed by atoms with E-state index < -0.39 is 44.1 Å². The summed E-state index contributed by atoms with van der Waals surface area (Å²) in [6, 6.07) is 2.50. The molecule has 0 atom stereocenters. The first-order valence-corrected chi connectivity index (χ1v) is 10.6. The number of aromatic nitrogens is 5. The van der Waals surface area contributed by atoms with E-state index in [9.17, 15) is 34.8 Å². The summed E-state index contributed by atoms with van der Waals surface area (Å²) in [6.07, 6.45) is -8.19. The van der Waals surface area contributed by atoms with Crippen LogP contribution in [0.3, 0.4) is 0 Å². The Balaban J connectivity index is 2.05. The number of fused-ring (bicyclic) bond motifs is 2. The summed E-state index contributed by atoms with van der Waals surface area (Å²) < 4.78 is 106. The molecule has 0 aliphatic heterocycles. The number of halogens is 6. The molecule has 0 saturated carbocycles. The second kappa shape index (κ2) is 6.92. The summed E-state index contributed by atoms with van der Waals surface area (Å²) in [6.45, 7) is 1.30. The van der Waals surface area contributed by atoms with Gasteiger partial charge in [0.15, 0.2) is 26.3 Å². The summed E-state index contributed by atoms with van der Waals surface area (Å²) in [5, 5.41) is -0.546. The molecule has 0 fully saturated rings. The van der Waals surface area contributed by atoms with E-state index >= 15 is 0 Å². The normalized spacial score (nSPS) is 13.4. The van der Waals surface area contributed by atoms with Gasteiger partial charge in [0.05, 0.1) is 16.9 Å². The van der Waals surface area contributed by atoms with Gasteiger partial charge in [-0.3, -0.25) is 4.40 Å². The number of imidazole rings is 2. The Bertz CT molecular complexity index is 1470. The van der Waals surface area contributed by atoms with E-state index in [0.29, 0.717) is 12.4 Å². The Kier molecular flexibility index (Phi) is 4.77. The van der Waals surface area contributed by atoms with Gasteiger partial charge in [-0.05, 0) is 18.2 Å². The zero-order valence-electron chi connectivity index (χ0n) is 16.3. The van der Waals surface area contributed by atoms with Gasteiger partial charge in [0.1, 0.15) is 16.9 Å². The number of rotatable bonds is 3. The molecule has 0 amide bonds. The molecule has 32 heavy (non-hydrogen) atoms. The smallest absolute Gasteiger partial charge is 0.310 e. The van der Waals surface area contributed by atoms with Gasteiger partial charge in [0.2, 0.25) is 0 Å². The molecule has 0 aromatic carbocycles.